The maximum Gasteiger partial charge on any atom is 0.181 e. The minimum atomic E-state index is -0.123. The maximum atomic E-state index is 11.7. The summed E-state index contributed by atoms with van der Waals surface area (Å²) in [5.41, 5.74) is 4.35. The first-order valence-electron chi connectivity index (χ1n) is 8.47. The van der Waals surface area contributed by atoms with Crippen LogP contribution >= 0.6 is 0 Å². The number of rotatable bonds is 5. The van der Waals surface area contributed by atoms with E-state index in [0.29, 0.717) is 29.2 Å². The van der Waals surface area contributed by atoms with Crippen molar-refractivity contribution < 1.29 is 9.53 Å². The normalized spacial score (nSPS) is 11.1. The molecule has 0 atom stereocenters. The Morgan fingerprint density at radius 2 is 1.89 bits per heavy atom. The molecule has 0 aliphatic heterocycles. The molecule has 0 N–H and O–H groups in total. The van der Waals surface area contributed by atoms with Gasteiger partial charge in [-0.25, -0.2) is 9.36 Å². The average Bonchev–Trinajstić information content (AvgIpc) is 3.25. The summed E-state index contributed by atoms with van der Waals surface area (Å²) < 4.78 is 8.94. The van der Waals surface area contributed by atoms with Gasteiger partial charge in [-0.3, -0.25) is 4.79 Å². The van der Waals surface area contributed by atoms with Crippen LogP contribution < -0.4 is 4.74 Å². The summed E-state index contributed by atoms with van der Waals surface area (Å²) in [6.07, 6.45) is 0. The number of ether oxygens (including phenoxy) is 1. The number of methoxy groups -OCH3 is 1. The van der Waals surface area contributed by atoms with Crippen molar-refractivity contribution in [2.24, 2.45) is 0 Å². The van der Waals surface area contributed by atoms with E-state index in [4.69, 9.17) is 4.74 Å². The predicted octanol–water partition coefficient (Wildman–Crippen LogP) is 2.58. The molecule has 8 nitrogen and oxygen atoms in total. The van der Waals surface area contributed by atoms with E-state index < -0.39 is 0 Å². The van der Waals surface area contributed by atoms with Crippen LogP contribution in [0, 0.1) is 6.92 Å². The van der Waals surface area contributed by atoms with Gasteiger partial charge in [0.2, 0.25) is 0 Å². The molecule has 0 aliphatic rings. The molecular weight excluding hydrogens is 344 g/mol. The maximum absolute atomic E-state index is 11.7. The third-order valence-corrected chi connectivity index (χ3v) is 4.44. The van der Waals surface area contributed by atoms with Gasteiger partial charge >= 0.3 is 0 Å². The van der Waals surface area contributed by atoms with Crippen LogP contribution in [0.3, 0.4) is 0 Å². The van der Waals surface area contributed by atoms with Crippen molar-refractivity contribution in [1.82, 2.24) is 30.0 Å². The van der Waals surface area contributed by atoms with Crippen molar-refractivity contribution in [3.05, 3.63) is 59.4 Å². The molecule has 0 bridgehead atoms. The Labute approximate surface area is 155 Å². The van der Waals surface area contributed by atoms with Gasteiger partial charge in [-0.1, -0.05) is 40.8 Å². The fourth-order valence-electron chi connectivity index (χ4n) is 3.07. The zero-order chi connectivity index (χ0) is 19.0. The molecule has 0 spiro atoms. The monoisotopic (exact) mass is 362 g/mol. The highest BCUT2D eigenvalue weighted by atomic mass is 16.5. The molecule has 0 saturated heterocycles. The number of hydrogen-bond donors (Lipinski definition) is 0. The van der Waals surface area contributed by atoms with Crippen molar-refractivity contribution >= 4 is 16.8 Å². The van der Waals surface area contributed by atoms with E-state index in [0.717, 1.165) is 16.8 Å². The van der Waals surface area contributed by atoms with Crippen molar-refractivity contribution in [1.29, 1.82) is 0 Å². The molecule has 136 valence electrons. The fraction of sp³-hybridized carbons (Fsp3) is 0.211. The highest BCUT2D eigenvalue weighted by Gasteiger charge is 2.18. The average molecular weight is 362 g/mol. The second-order valence-corrected chi connectivity index (χ2v) is 6.24. The number of nitrogens with zero attached hydrogens (tertiary/aromatic N) is 6. The SMILES string of the molecule is COc1cc(-n2nnc(C(C)=O)c2C)cc2c1nnn2Cc1ccccc1. The first kappa shape index (κ1) is 16.9. The van der Waals surface area contributed by atoms with Crippen LogP contribution in [0.4, 0.5) is 0 Å². The van der Waals surface area contributed by atoms with Gasteiger partial charge in [-0.2, -0.15) is 0 Å². The summed E-state index contributed by atoms with van der Waals surface area (Å²) in [5, 5.41) is 16.7. The first-order chi connectivity index (χ1) is 13.1. The highest BCUT2D eigenvalue weighted by molar-refractivity contribution is 5.93. The predicted molar refractivity (Wildman–Crippen MR) is 99.3 cm³/mol. The molecule has 0 fully saturated rings. The van der Waals surface area contributed by atoms with E-state index in [1.54, 1.807) is 11.8 Å². The molecule has 4 aromatic rings. The quantitative estimate of drug-likeness (QED) is 0.507. The third kappa shape index (κ3) is 2.95. The number of fused-ring (bicyclic) bond motifs is 1. The van der Waals surface area contributed by atoms with Gasteiger partial charge in [0.25, 0.3) is 0 Å². The fourth-order valence-corrected chi connectivity index (χ4v) is 3.07. The van der Waals surface area contributed by atoms with Gasteiger partial charge < -0.3 is 4.74 Å². The van der Waals surface area contributed by atoms with Gasteiger partial charge in [0.1, 0.15) is 0 Å². The highest BCUT2D eigenvalue weighted by Crippen LogP contribution is 2.28. The van der Waals surface area contributed by atoms with Crippen molar-refractivity contribution in [3.8, 4) is 11.4 Å². The van der Waals surface area contributed by atoms with E-state index in [2.05, 4.69) is 20.6 Å². The smallest absolute Gasteiger partial charge is 0.181 e. The Balaban J connectivity index is 1.85. The van der Waals surface area contributed by atoms with E-state index in [-0.39, 0.29) is 5.78 Å². The molecule has 0 radical (unpaired) electrons. The van der Waals surface area contributed by atoms with Crippen LogP contribution in [-0.4, -0.2) is 42.9 Å². The van der Waals surface area contributed by atoms with Crippen molar-refractivity contribution in [3.63, 3.8) is 0 Å². The number of aromatic nitrogens is 6. The largest absolute Gasteiger partial charge is 0.494 e. The summed E-state index contributed by atoms with van der Waals surface area (Å²) in [5.74, 6) is 0.462. The lowest BCUT2D eigenvalue weighted by Gasteiger charge is -2.09. The van der Waals surface area contributed by atoms with Crippen molar-refractivity contribution in [2.45, 2.75) is 20.4 Å². The Morgan fingerprint density at radius 1 is 1.11 bits per heavy atom. The van der Waals surface area contributed by atoms with Crippen molar-refractivity contribution in [2.75, 3.05) is 7.11 Å². The Kier molecular flexibility index (Phi) is 4.15. The number of carbonyl (C=O) groups is 1. The Morgan fingerprint density at radius 3 is 2.56 bits per heavy atom. The van der Waals surface area contributed by atoms with Gasteiger partial charge in [-0.15, -0.1) is 10.2 Å². The summed E-state index contributed by atoms with van der Waals surface area (Å²) in [4.78, 5) is 11.7. The minimum Gasteiger partial charge on any atom is -0.494 e. The van der Waals surface area contributed by atoms with E-state index in [1.165, 1.54) is 6.92 Å². The van der Waals surface area contributed by atoms with Gasteiger partial charge in [0.05, 0.1) is 30.6 Å². The number of Topliss-reactive ketones (excluding diaryl/α,β-unsaturated/α-hetero) is 1. The molecule has 27 heavy (non-hydrogen) atoms. The van der Waals surface area contributed by atoms with Crippen LogP contribution in [-0.2, 0) is 6.54 Å². The molecule has 2 aromatic heterocycles. The van der Waals surface area contributed by atoms with E-state index in [1.807, 2.05) is 54.1 Å². The molecule has 0 unspecified atom stereocenters. The summed E-state index contributed by atoms with van der Waals surface area (Å²) >= 11 is 0. The van der Waals surface area contributed by atoms with Gasteiger partial charge in [0.15, 0.2) is 22.7 Å². The number of ketones is 1. The van der Waals surface area contributed by atoms with E-state index >= 15 is 0 Å². The topological polar surface area (TPSA) is 87.7 Å². The third-order valence-electron chi connectivity index (χ3n) is 4.44. The standard InChI is InChI=1S/C19H18N6O2/c1-12-18(13(2)26)20-23-25(12)15-9-16-19(17(10-15)27-3)21-22-24(16)11-14-7-5-4-6-8-14/h4-10H,11H2,1-3H3. The lowest BCUT2D eigenvalue weighted by Crippen LogP contribution is -2.04. The first-order valence-corrected chi connectivity index (χ1v) is 8.47. The number of hydrogen-bond acceptors (Lipinski definition) is 6. The molecule has 8 heteroatoms. The van der Waals surface area contributed by atoms with E-state index in [9.17, 15) is 4.79 Å². The molecule has 0 saturated carbocycles. The van der Waals surface area contributed by atoms with Crippen LogP contribution in [0.25, 0.3) is 16.7 Å². The minimum absolute atomic E-state index is 0.123. The van der Waals surface area contributed by atoms with Crippen LogP contribution in [0.2, 0.25) is 0 Å². The second-order valence-electron chi connectivity index (χ2n) is 6.24. The lowest BCUT2D eigenvalue weighted by molar-refractivity contribution is 0.101. The van der Waals surface area contributed by atoms with Crippen LogP contribution in [0.5, 0.6) is 5.75 Å². The second kappa shape index (κ2) is 6.64. The molecular formula is C19H18N6O2. The molecule has 4 rings (SSSR count). The lowest BCUT2D eigenvalue weighted by atomic mass is 10.2. The summed E-state index contributed by atoms with van der Waals surface area (Å²) in [6.45, 7) is 3.87. The molecule has 2 aromatic carbocycles. The zero-order valence-corrected chi connectivity index (χ0v) is 15.2. The number of carbonyl (C=O) groups excluding carboxylic acids is 1. The molecule has 0 amide bonds. The van der Waals surface area contributed by atoms with Gasteiger partial charge in [0, 0.05) is 13.0 Å². The molecule has 0 aliphatic carbocycles. The summed E-state index contributed by atoms with van der Waals surface area (Å²) in [7, 11) is 1.59. The van der Waals surface area contributed by atoms with Crippen LogP contribution in [0.15, 0.2) is 42.5 Å². The molecule has 2 heterocycles. The number of benzene rings is 2. The van der Waals surface area contributed by atoms with Gasteiger partial charge in [-0.05, 0) is 18.6 Å². The zero-order valence-electron chi connectivity index (χ0n) is 15.2. The van der Waals surface area contributed by atoms with Crippen LogP contribution in [0.1, 0.15) is 28.7 Å². The summed E-state index contributed by atoms with van der Waals surface area (Å²) in [6, 6.07) is 13.8. The Bertz CT molecular complexity index is 1130. The Hall–Kier alpha value is -3.55.